The monoisotopic (exact) mass is 285 g/mol. The van der Waals surface area contributed by atoms with Crippen molar-refractivity contribution in [1.82, 2.24) is 0 Å². The van der Waals surface area contributed by atoms with Crippen molar-refractivity contribution in [3.63, 3.8) is 0 Å². The maximum absolute atomic E-state index is 11.6. The zero-order valence-electron chi connectivity index (χ0n) is 8.93. The Labute approximate surface area is 98.9 Å². The van der Waals surface area contributed by atoms with Crippen LogP contribution in [0.15, 0.2) is 26.1 Å². The molecule has 6 heteroatoms. The van der Waals surface area contributed by atoms with Crippen molar-refractivity contribution in [1.29, 1.82) is 0 Å². The summed E-state index contributed by atoms with van der Waals surface area (Å²) in [6, 6.07) is 5.56. The fraction of sp³-hybridized carbons (Fsp3) is 0.300. The zero-order chi connectivity index (χ0) is 11.5. The summed E-state index contributed by atoms with van der Waals surface area (Å²) in [6.45, 7) is 1.70. The molecule has 1 aliphatic heterocycles. The van der Waals surface area contributed by atoms with Crippen LogP contribution in [0.2, 0.25) is 0 Å². The topological polar surface area (TPSA) is 63.0 Å². The summed E-state index contributed by atoms with van der Waals surface area (Å²) in [5.74, 6) is -0.175. The molecule has 1 heterocycles. The van der Waals surface area contributed by atoms with Crippen molar-refractivity contribution < 1.29 is 9.53 Å². The number of anilines is 1. The number of benzene rings is 1. The summed E-state index contributed by atoms with van der Waals surface area (Å²) in [5, 5.41) is 2.79. The molecule has 84 valence electrons. The molecule has 0 aromatic heterocycles. The predicted molar refractivity (Wildman–Crippen MR) is 61.5 cm³/mol. The molecule has 16 heavy (non-hydrogen) atoms. The van der Waals surface area contributed by atoms with Crippen LogP contribution in [-0.2, 0) is 9.53 Å². The summed E-state index contributed by atoms with van der Waals surface area (Å²) >= 11 is -0.0873. The van der Waals surface area contributed by atoms with E-state index in [4.69, 9.17) is 4.74 Å². The van der Waals surface area contributed by atoms with Gasteiger partial charge in [0.2, 0.25) is 0 Å². The van der Waals surface area contributed by atoms with E-state index in [-0.39, 0.29) is 20.5 Å². The molecule has 1 N–H and O–H groups in total. The number of carbonyl (C=O) groups excluding carboxylic acids is 1. The Bertz CT molecular complexity index is 495. The molecule has 0 spiro atoms. The number of hydrogen-bond acceptors (Lipinski definition) is 4. The average Bonchev–Trinajstić information content (AvgIpc) is 2.77. The predicted octanol–water partition coefficient (Wildman–Crippen LogP) is 2.01. The van der Waals surface area contributed by atoms with E-state index in [0.29, 0.717) is 5.69 Å². The Morgan fingerprint density at radius 3 is 3.06 bits per heavy atom. The van der Waals surface area contributed by atoms with Crippen molar-refractivity contribution >= 4 is 37.5 Å². The molecule has 0 radical (unpaired) electrons. The standard InChI is InChI=1S/C10H11N3O2Se/c1-6(15-2)10(14)11-7-4-3-5-8-9(7)13-16-12-8/h3-6H,1-2H3,(H,11,14). The van der Waals surface area contributed by atoms with E-state index in [0.717, 1.165) is 11.4 Å². The van der Waals surface area contributed by atoms with Gasteiger partial charge in [-0.3, -0.25) is 0 Å². The molecule has 1 aromatic carbocycles. The second-order valence-electron chi connectivity index (χ2n) is 3.30. The second kappa shape index (κ2) is 4.74. The molecule has 5 nitrogen and oxygen atoms in total. The van der Waals surface area contributed by atoms with Crippen LogP contribution in [0.1, 0.15) is 6.92 Å². The summed E-state index contributed by atoms with van der Waals surface area (Å²) in [6.07, 6.45) is -0.472. The first-order chi connectivity index (χ1) is 7.72. The van der Waals surface area contributed by atoms with E-state index in [1.807, 2.05) is 18.2 Å². The number of ether oxygens (including phenoxy) is 1. The van der Waals surface area contributed by atoms with E-state index >= 15 is 0 Å². The summed E-state index contributed by atoms with van der Waals surface area (Å²) in [7, 11) is 1.50. The van der Waals surface area contributed by atoms with Crippen molar-refractivity contribution in [2.75, 3.05) is 12.4 Å². The van der Waals surface area contributed by atoms with Crippen LogP contribution in [0.3, 0.4) is 0 Å². The number of carbonyl (C=O) groups is 1. The van der Waals surface area contributed by atoms with Gasteiger partial charge in [0.05, 0.1) is 0 Å². The molecule has 0 bridgehead atoms. The third-order valence-electron chi connectivity index (χ3n) is 2.27. The average molecular weight is 284 g/mol. The first-order valence-corrected chi connectivity index (χ1v) is 6.30. The second-order valence-corrected chi connectivity index (χ2v) is 4.41. The van der Waals surface area contributed by atoms with Gasteiger partial charge in [0.15, 0.2) is 0 Å². The molecule has 1 unspecified atom stereocenters. The van der Waals surface area contributed by atoms with Gasteiger partial charge in [0.1, 0.15) is 0 Å². The molecule has 1 aromatic rings. The zero-order valence-corrected chi connectivity index (χ0v) is 10.6. The Kier molecular flexibility index (Phi) is 3.33. The number of hydrogen-bond donors (Lipinski definition) is 1. The minimum absolute atomic E-state index is 0.0873. The fourth-order valence-electron chi connectivity index (χ4n) is 1.25. The van der Waals surface area contributed by atoms with Gasteiger partial charge in [0, 0.05) is 0 Å². The molecule has 2 rings (SSSR count). The number of nitrogens with zero attached hydrogens (tertiary/aromatic N) is 2. The van der Waals surface area contributed by atoms with Crippen molar-refractivity contribution in [3.05, 3.63) is 18.2 Å². The van der Waals surface area contributed by atoms with Gasteiger partial charge in [-0.2, -0.15) is 0 Å². The van der Waals surface area contributed by atoms with Gasteiger partial charge in [-0.25, -0.2) is 0 Å². The van der Waals surface area contributed by atoms with E-state index in [2.05, 4.69) is 13.2 Å². The van der Waals surface area contributed by atoms with Gasteiger partial charge in [-0.1, -0.05) is 0 Å². The van der Waals surface area contributed by atoms with Crippen LogP contribution in [0.4, 0.5) is 17.1 Å². The molecular weight excluding hydrogens is 273 g/mol. The van der Waals surface area contributed by atoms with Crippen molar-refractivity contribution in [3.8, 4) is 0 Å². The Morgan fingerprint density at radius 1 is 1.50 bits per heavy atom. The Hall–Kier alpha value is -1.23. The molecule has 1 atom stereocenters. The molecule has 0 saturated carbocycles. The first kappa shape index (κ1) is 11.3. The van der Waals surface area contributed by atoms with Gasteiger partial charge >= 0.3 is 98.6 Å². The van der Waals surface area contributed by atoms with Crippen LogP contribution >= 0.6 is 0 Å². The Balaban J connectivity index is 2.21. The van der Waals surface area contributed by atoms with Crippen molar-refractivity contribution in [2.45, 2.75) is 13.0 Å². The summed E-state index contributed by atoms with van der Waals surface area (Å²) in [5.41, 5.74) is 2.33. The van der Waals surface area contributed by atoms with Crippen LogP contribution in [0.5, 0.6) is 0 Å². The molecule has 1 aliphatic rings. The van der Waals surface area contributed by atoms with Crippen LogP contribution in [-0.4, -0.2) is 33.7 Å². The van der Waals surface area contributed by atoms with E-state index in [9.17, 15) is 4.79 Å². The molecule has 0 aliphatic carbocycles. The van der Waals surface area contributed by atoms with Crippen LogP contribution < -0.4 is 5.32 Å². The van der Waals surface area contributed by atoms with Gasteiger partial charge < -0.3 is 0 Å². The normalized spacial score (nSPS) is 14.1. The fourth-order valence-corrected chi connectivity index (χ4v) is 2.40. The summed E-state index contributed by atoms with van der Waals surface area (Å²) in [4.78, 5) is 11.6. The van der Waals surface area contributed by atoms with Gasteiger partial charge in [-0.15, -0.1) is 0 Å². The van der Waals surface area contributed by atoms with E-state index in [1.54, 1.807) is 6.92 Å². The third kappa shape index (κ3) is 2.14. The molecule has 1 amide bonds. The number of methoxy groups -OCH3 is 1. The minimum atomic E-state index is -0.472. The molecule has 0 saturated heterocycles. The van der Waals surface area contributed by atoms with Crippen molar-refractivity contribution in [2.24, 2.45) is 7.92 Å². The maximum atomic E-state index is 11.6. The number of fused-ring (bicyclic) bond motifs is 1. The molecular formula is C10H11N3O2Se. The molecule has 0 fully saturated rings. The van der Waals surface area contributed by atoms with E-state index < -0.39 is 6.10 Å². The Morgan fingerprint density at radius 2 is 2.31 bits per heavy atom. The number of rotatable bonds is 3. The van der Waals surface area contributed by atoms with E-state index in [1.165, 1.54) is 7.11 Å². The van der Waals surface area contributed by atoms with Gasteiger partial charge in [0.25, 0.3) is 0 Å². The van der Waals surface area contributed by atoms with Crippen LogP contribution in [0, 0.1) is 0 Å². The quantitative estimate of drug-likeness (QED) is 0.876. The SMILES string of the molecule is COC(C)C(=O)Nc1cccc2c1N=[Se]=N2. The van der Waals surface area contributed by atoms with Gasteiger partial charge in [-0.05, 0) is 0 Å². The third-order valence-corrected chi connectivity index (χ3v) is 3.41. The summed E-state index contributed by atoms with van der Waals surface area (Å²) < 4.78 is 13.5. The van der Waals surface area contributed by atoms with Crippen LogP contribution in [0.25, 0.3) is 0 Å². The number of nitrogens with one attached hydrogen (secondary N) is 1. The number of amides is 1. The first-order valence-electron chi connectivity index (χ1n) is 4.77.